The summed E-state index contributed by atoms with van der Waals surface area (Å²) in [4.78, 5) is 16.2. The topological polar surface area (TPSA) is 42.0 Å². The number of thiazole rings is 1. The molecule has 0 fully saturated rings. The molecule has 0 saturated heterocycles. The minimum absolute atomic E-state index is 0.0677. The molecular formula is C13H22N2OS. The van der Waals surface area contributed by atoms with Gasteiger partial charge in [0.1, 0.15) is 5.01 Å². The summed E-state index contributed by atoms with van der Waals surface area (Å²) >= 11 is 1.58. The van der Waals surface area contributed by atoms with Crippen LogP contribution in [0.4, 0.5) is 0 Å². The van der Waals surface area contributed by atoms with Crippen LogP contribution in [0.2, 0.25) is 0 Å². The lowest BCUT2D eigenvalue weighted by Crippen LogP contribution is -2.24. The van der Waals surface area contributed by atoms with Crippen molar-refractivity contribution in [2.24, 2.45) is 0 Å². The van der Waals surface area contributed by atoms with Crippen molar-refractivity contribution < 1.29 is 4.79 Å². The smallest absolute Gasteiger partial charge is 0.153 e. The molecule has 3 nitrogen and oxygen atoms in total. The standard InChI is InChI=1S/C13H22N2OS/c1-5-6-14-8-10(16)7-12-15-11(9-17-12)13(2,3)4/h9,14H,5-8H2,1-4H3. The van der Waals surface area contributed by atoms with E-state index in [2.05, 4.69) is 43.4 Å². The van der Waals surface area contributed by atoms with Gasteiger partial charge in [-0.15, -0.1) is 11.3 Å². The quantitative estimate of drug-likeness (QED) is 0.793. The lowest BCUT2D eigenvalue weighted by Gasteiger charge is -2.14. The molecule has 0 bridgehead atoms. The molecule has 0 aliphatic heterocycles. The average Bonchev–Trinajstić information content (AvgIpc) is 2.66. The van der Waals surface area contributed by atoms with E-state index >= 15 is 0 Å². The summed E-state index contributed by atoms with van der Waals surface area (Å²) in [6.07, 6.45) is 1.51. The van der Waals surface area contributed by atoms with Crippen molar-refractivity contribution in [3.8, 4) is 0 Å². The first-order valence-electron chi connectivity index (χ1n) is 6.10. The number of aromatic nitrogens is 1. The third-order valence-corrected chi connectivity index (χ3v) is 3.27. The molecule has 1 rings (SSSR count). The highest BCUT2D eigenvalue weighted by Crippen LogP contribution is 2.23. The van der Waals surface area contributed by atoms with Gasteiger partial charge in [0.15, 0.2) is 5.78 Å². The Bertz CT molecular complexity index is 366. The maximum Gasteiger partial charge on any atom is 0.153 e. The van der Waals surface area contributed by atoms with E-state index in [1.165, 1.54) is 0 Å². The Kier molecular flexibility index (Phi) is 5.28. The fourth-order valence-electron chi connectivity index (χ4n) is 1.37. The summed E-state index contributed by atoms with van der Waals surface area (Å²) in [5.74, 6) is 0.216. The van der Waals surface area contributed by atoms with Gasteiger partial charge >= 0.3 is 0 Å². The van der Waals surface area contributed by atoms with Crippen LogP contribution in [0.15, 0.2) is 5.38 Å². The Hall–Kier alpha value is -0.740. The number of nitrogens with one attached hydrogen (secondary N) is 1. The summed E-state index contributed by atoms with van der Waals surface area (Å²) < 4.78 is 0. The lowest BCUT2D eigenvalue weighted by molar-refractivity contribution is -0.117. The van der Waals surface area contributed by atoms with Gasteiger partial charge in [0.25, 0.3) is 0 Å². The Labute approximate surface area is 108 Å². The highest BCUT2D eigenvalue weighted by Gasteiger charge is 2.18. The zero-order valence-corrected chi connectivity index (χ0v) is 12.0. The van der Waals surface area contributed by atoms with Crippen molar-refractivity contribution in [2.45, 2.75) is 46.0 Å². The molecular weight excluding hydrogens is 232 g/mol. The third kappa shape index (κ3) is 4.96. The molecule has 0 aliphatic rings. The minimum Gasteiger partial charge on any atom is -0.310 e. The van der Waals surface area contributed by atoms with Crippen molar-refractivity contribution in [3.63, 3.8) is 0 Å². The van der Waals surface area contributed by atoms with E-state index in [0.29, 0.717) is 13.0 Å². The minimum atomic E-state index is 0.0677. The van der Waals surface area contributed by atoms with Crippen molar-refractivity contribution in [1.29, 1.82) is 0 Å². The molecule has 0 saturated carbocycles. The van der Waals surface area contributed by atoms with Crippen LogP contribution in [0.25, 0.3) is 0 Å². The van der Waals surface area contributed by atoms with Gasteiger partial charge in [-0.1, -0.05) is 27.7 Å². The maximum atomic E-state index is 11.7. The predicted octanol–water partition coefficient (Wildman–Crippen LogP) is 2.55. The number of nitrogens with zero attached hydrogens (tertiary/aromatic N) is 1. The van der Waals surface area contributed by atoms with Gasteiger partial charge in [0, 0.05) is 10.8 Å². The molecule has 0 aliphatic carbocycles. The fourth-order valence-corrected chi connectivity index (χ4v) is 2.42. The summed E-state index contributed by atoms with van der Waals surface area (Å²) in [6, 6.07) is 0. The van der Waals surface area contributed by atoms with Gasteiger partial charge in [0.05, 0.1) is 18.7 Å². The monoisotopic (exact) mass is 254 g/mol. The van der Waals surface area contributed by atoms with Crippen LogP contribution in [0.1, 0.15) is 44.8 Å². The molecule has 96 valence electrons. The van der Waals surface area contributed by atoms with E-state index in [1.807, 2.05) is 0 Å². The fraction of sp³-hybridized carbons (Fsp3) is 0.692. The molecule has 0 unspecified atom stereocenters. The van der Waals surface area contributed by atoms with Crippen LogP contribution >= 0.6 is 11.3 Å². The number of rotatable bonds is 6. The van der Waals surface area contributed by atoms with E-state index in [1.54, 1.807) is 11.3 Å². The van der Waals surface area contributed by atoms with Crippen LogP contribution in [0.3, 0.4) is 0 Å². The van der Waals surface area contributed by atoms with E-state index in [9.17, 15) is 4.79 Å². The zero-order valence-electron chi connectivity index (χ0n) is 11.2. The lowest BCUT2D eigenvalue weighted by atomic mass is 9.93. The highest BCUT2D eigenvalue weighted by molar-refractivity contribution is 7.09. The van der Waals surface area contributed by atoms with Crippen molar-refractivity contribution >= 4 is 17.1 Å². The molecule has 1 aromatic heterocycles. The van der Waals surface area contributed by atoms with Crippen LogP contribution in [-0.2, 0) is 16.6 Å². The second-order valence-corrected chi connectivity index (χ2v) is 6.21. The zero-order chi connectivity index (χ0) is 12.9. The second-order valence-electron chi connectivity index (χ2n) is 5.27. The Morgan fingerprint density at radius 3 is 2.71 bits per heavy atom. The number of Topliss-reactive ketones (excluding diaryl/α,β-unsaturated/α-hetero) is 1. The molecule has 0 aromatic carbocycles. The average molecular weight is 254 g/mol. The predicted molar refractivity (Wildman–Crippen MR) is 72.7 cm³/mol. The van der Waals surface area contributed by atoms with Gasteiger partial charge in [-0.2, -0.15) is 0 Å². The third-order valence-electron chi connectivity index (χ3n) is 2.42. The van der Waals surface area contributed by atoms with Gasteiger partial charge in [-0.25, -0.2) is 4.98 Å². The van der Waals surface area contributed by atoms with Crippen LogP contribution in [0.5, 0.6) is 0 Å². The summed E-state index contributed by atoms with van der Waals surface area (Å²) in [5, 5.41) is 6.11. The molecule has 0 radical (unpaired) electrons. The van der Waals surface area contributed by atoms with Crippen molar-refractivity contribution in [1.82, 2.24) is 10.3 Å². The van der Waals surface area contributed by atoms with Crippen LogP contribution in [-0.4, -0.2) is 23.9 Å². The first kappa shape index (κ1) is 14.3. The summed E-state index contributed by atoms with van der Waals surface area (Å²) in [5.41, 5.74) is 1.14. The number of ketones is 1. The number of carbonyl (C=O) groups is 1. The maximum absolute atomic E-state index is 11.7. The van der Waals surface area contributed by atoms with Gasteiger partial charge in [-0.3, -0.25) is 4.79 Å². The molecule has 1 heterocycles. The molecule has 1 aromatic rings. The Morgan fingerprint density at radius 2 is 2.18 bits per heavy atom. The van der Waals surface area contributed by atoms with Gasteiger partial charge < -0.3 is 5.32 Å². The van der Waals surface area contributed by atoms with E-state index < -0.39 is 0 Å². The largest absolute Gasteiger partial charge is 0.310 e. The molecule has 1 N–H and O–H groups in total. The van der Waals surface area contributed by atoms with E-state index in [0.717, 1.165) is 23.7 Å². The van der Waals surface area contributed by atoms with E-state index in [-0.39, 0.29) is 11.2 Å². The van der Waals surface area contributed by atoms with Gasteiger partial charge in [-0.05, 0) is 13.0 Å². The first-order chi connectivity index (χ1) is 7.93. The molecule has 0 amide bonds. The second kappa shape index (κ2) is 6.26. The van der Waals surface area contributed by atoms with Gasteiger partial charge in [0.2, 0.25) is 0 Å². The van der Waals surface area contributed by atoms with Crippen LogP contribution in [0, 0.1) is 0 Å². The number of carbonyl (C=O) groups excluding carboxylic acids is 1. The molecule has 0 spiro atoms. The number of hydrogen-bond donors (Lipinski definition) is 1. The Balaban J connectivity index is 2.46. The Morgan fingerprint density at radius 1 is 1.47 bits per heavy atom. The SMILES string of the molecule is CCCNCC(=O)Cc1nc(C(C)(C)C)cs1. The normalized spacial score (nSPS) is 11.8. The molecule has 0 atom stereocenters. The summed E-state index contributed by atoms with van der Waals surface area (Å²) in [7, 11) is 0. The van der Waals surface area contributed by atoms with Crippen molar-refractivity contribution in [2.75, 3.05) is 13.1 Å². The van der Waals surface area contributed by atoms with Crippen molar-refractivity contribution in [3.05, 3.63) is 16.1 Å². The molecule has 4 heteroatoms. The summed E-state index contributed by atoms with van der Waals surface area (Å²) in [6.45, 7) is 9.85. The first-order valence-corrected chi connectivity index (χ1v) is 6.98. The molecule has 17 heavy (non-hydrogen) atoms. The number of hydrogen-bond acceptors (Lipinski definition) is 4. The highest BCUT2D eigenvalue weighted by atomic mass is 32.1. The van der Waals surface area contributed by atoms with E-state index in [4.69, 9.17) is 0 Å². The van der Waals surface area contributed by atoms with Crippen LogP contribution < -0.4 is 5.32 Å².